The van der Waals surface area contributed by atoms with Crippen molar-refractivity contribution in [3.8, 4) is 11.5 Å². The number of carbonyl (C=O) groups excluding carboxylic acids is 1. The largest absolute Gasteiger partial charge is 0.490 e. The third kappa shape index (κ3) is 6.27. The van der Waals surface area contributed by atoms with Gasteiger partial charge >= 0.3 is 0 Å². The van der Waals surface area contributed by atoms with Crippen LogP contribution in [0.2, 0.25) is 10.0 Å². The molecule has 3 aromatic rings. The van der Waals surface area contributed by atoms with Crippen molar-refractivity contribution in [1.29, 1.82) is 0 Å². The average Bonchev–Trinajstić information content (AvgIpc) is 3.13. The van der Waals surface area contributed by atoms with Crippen molar-refractivity contribution in [2.75, 3.05) is 11.5 Å². The number of hydrogen-bond acceptors (Lipinski definition) is 7. The van der Waals surface area contributed by atoms with Crippen molar-refractivity contribution in [2.45, 2.75) is 13.5 Å². The first-order valence-corrected chi connectivity index (χ1v) is 13.5. The summed E-state index contributed by atoms with van der Waals surface area (Å²) < 4.78 is 12.8. The third-order valence-corrected chi connectivity index (χ3v) is 7.75. The lowest BCUT2D eigenvalue weighted by molar-refractivity contribution is -0.384. The fourth-order valence-corrected chi connectivity index (χ4v) is 5.58. The molecule has 37 heavy (non-hydrogen) atoms. The van der Waals surface area contributed by atoms with Crippen molar-refractivity contribution >= 4 is 90.8 Å². The number of anilines is 1. The number of hydrogen-bond donors (Lipinski definition) is 0. The van der Waals surface area contributed by atoms with E-state index in [1.165, 1.54) is 28.8 Å². The van der Waals surface area contributed by atoms with Crippen LogP contribution < -0.4 is 14.4 Å². The molecule has 0 bridgehead atoms. The van der Waals surface area contributed by atoms with Gasteiger partial charge in [0.15, 0.2) is 15.8 Å². The van der Waals surface area contributed by atoms with Gasteiger partial charge < -0.3 is 9.47 Å². The van der Waals surface area contributed by atoms with Crippen LogP contribution in [0.3, 0.4) is 0 Å². The number of thiocarbonyl (C=S) groups is 1. The summed E-state index contributed by atoms with van der Waals surface area (Å²) >= 11 is 22.3. The van der Waals surface area contributed by atoms with Crippen LogP contribution in [0.1, 0.15) is 18.1 Å². The molecule has 1 amide bonds. The van der Waals surface area contributed by atoms with E-state index in [9.17, 15) is 14.9 Å². The standard InChI is InChI=1S/C25H17BrCl2N2O5S2/c1-2-34-21-10-15(9-18(26)23(21)35-13-14-3-5-16(6-4-14)30(32)33)11-22-24(31)29(25(36)37-22)17-7-8-19(27)20(28)12-17/h3-12H,2,13H2,1H3/b22-11-. The Morgan fingerprint density at radius 3 is 2.49 bits per heavy atom. The van der Waals surface area contributed by atoms with Crippen molar-refractivity contribution in [1.82, 2.24) is 0 Å². The van der Waals surface area contributed by atoms with E-state index in [4.69, 9.17) is 44.9 Å². The van der Waals surface area contributed by atoms with Gasteiger partial charge in [-0.25, -0.2) is 0 Å². The van der Waals surface area contributed by atoms with E-state index < -0.39 is 4.92 Å². The molecule has 1 aliphatic heterocycles. The molecule has 1 aliphatic rings. The minimum absolute atomic E-state index is 0.00821. The van der Waals surface area contributed by atoms with Gasteiger partial charge in [0.25, 0.3) is 11.6 Å². The SMILES string of the molecule is CCOc1cc(/C=C2\SC(=S)N(c3ccc(Cl)c(Cl)c3)C2=O)cc(Br)c1OCc1ccc([N+](=O)[O-])cc1. The van der Waals surface area contributed by atoms with Gasteiger partial charge in [-0.3, -0.25) is 19.8 Å². The molecular weight excluding hydrogens is 623 g/mol. The topological polar surface area (TPSA) is 81.9 Å². The van der Waals surface area contributed by atoms with Gasteiger partial charge in [0.2, 0.25) is 0 Å². The van der Waals surface area contributed by atoms with Crippen LogP contribution in [-0.2, 0) is 11.4 Å². The molecule has 4 rings (SSSR count). The summed E-state index contributed by atoms with van der Waals surface area (Å²) in [6.45, 7) is 2.42. The number of benzene rings is 3. The minimum atomic E-state index is -0.453. The molecule has 1 saturated heterocycles. The number of ether oxygens (including phenoxy) is 2. The van der Waals surface area contributed by atoms with Crippen molar-refractivity contribution in [2.24, 2.45) is 0 Å². The molecular formula is C25H17BrCl2N2O5S2. The van der Waals surface area contributed by atoms with E-state index >= 15 is 0 Å². The zero-order chi connectivity index (χ0) is 26.7. The van der Waals surface area contributed by atoms with Gasteiger partial charge in [0, 0.05) is 12.1 Å². The highest BCUT2D eigenvalue weighted by Crippen LogP contribution is 2.41. The number of nitro benzene ring substituents is 1. The Morgan fingerprint density at radius 1 is 1.11 bits per heavy atom. The van der Waals surface area contributed by atoms with Gasteiger partial charge in [-0.05, 0) is 82.5 Å². The lowest BCUT2D eigenvalue weighted by atomic mass is 10.1. The number of rotatable bonds is 8. The first kappa shape index (κ1) is 27.4. The zero-order valence-corrected chi connectivity index (χ0v) is 23.8. The van der Waals surface area contributed by atoms with E-state index in [1.807, 2.05) is 6.92 Å². The molecule has 190 valence electrons. The number of halogens is 3. The highest BCUT2D eigenvalue weighted by molar-refractivity contribution is 9.10. The summed E-state index contributed by atoms with van der Waals surface area (Å²) in [4.78, 5) is 25.4. The van der Waals surface area contributed by atoms with Crippen LogP contribution in [-0.4, -0.2) is 21.8 Å². The van der Waals surface area contributed by atoms with Gasteiger partial charge in [-0.1, -0.05) is 47.2 Å². The Hall–Kier alpha value is -2.63. The third-order valence-electron chi connectivity index (χ3n) is 5.11. The smallest absolute Gasteiger partial charge is 0.270 e. The van der Waals surface area contributed by atoms with Crippen LogP contribution in [0.25, 0.3) is 6.08 Å². The second kappa shape index (κ2) is 11.8. The van der Waals surface area contributed by atoms with Gasteiger partial charge in [-0.2, -0.15) is 0 Å². The van der Waals surface area contributed by atoms with Crippen molar-refractivity contribution < 1.29 is 19.2 Å². The van der Waals surface area contributed by atoms with Crippen LogP contribution in [0.5, 0.6) is 11.5 Å². The maximum atomic E-state index is 13.2. The Kier molecular flexibility index (Phi) is 8.76. The molecule has 3 aromatic carbocycles. The predicted molar refractivity (Wildman–Crippen MR) is 155 cm³/mol. The summed E-state index contributed by atoms with van der Waals surface area (Å²) in [5.74, 6) is 0.673. The minimum Gasteiger partial charge on any atom is -0.490 e. The Balaban J connectivity index is 1.58. The molecule has 12 heteroatoms. The van der Waals surface area contributed by atoms with Crippen molar-refractivity contribution in [3.05, 3.63) is 95.3 Å². The van der Waals surface area contributed by atoms with Gasteiger partial charge in [-0.15, -0.1) is 0 Å². The van der Waals surface area contributed by atoms with Crippen LogP contribution in [0.4, 0.5) is 11.4 Å². The summed E-state index contributed by atoms with van der Waals surface area (Å²) in [6, 6.07) is 14.6. The number of nitrogens with zero attached hydrogens (tertiary/aromatic N) is 2. The molecule has 0 spiro atoms. The molecule has 0 unspecified atom stereocenters. The molecule has 7 nitrogen and oxygen atoms in total. The second-order valence-electron chi connectivity index (χ2n) is 7.59. The van der Waals surface area contributed by atoms with E-state index in [0.717, 1.165) is 5.56 Å². The first-order valence-electron chi connectivity index (χ1n) is 10.7. The van der Waals surface area contributed by atoms with Crippen LogP contribution >= 0.6 is 63.1 Å². The van der Waals surface area contributed by atoms with E-state index in [-0.39, 0.29) is 18.2 Å². The number of amides is 1. The zero-order valence-electron chi connectivity index (χ0n) is 19.1. The lowest BCUT2D eigenvalue weighted by Gasteiger charge is -2.15. The molecule has 0 radical (unpaired) electrons. The number of carbonyl (C=O) groups is 1. The second-order valence-corrected chi connectivity index (χ2v) is 10.9. The predicted octanol–water partition coefficient (Wildman–Crippen LogP) is 8.05. The quantitative estimate of drug-likeness (QED) is 0.107. The summed E-state index contributed by atoms with van der Waals surface area (Å²) in [5.41, 5.74) is 2.00. The Bertz CT molecular complexity index is 1430. The first-order chi connectivity index (χ1) is 17.7. The Labute approximate surface area is 240 Å². The van der Waals surface area contributed by atoms with E-state index in [2.05, 4.69) is 15.9 Å². The summed E-state index contributed by atoms with van der Waals surface area (Å²) in [5, 5.41) is 11.6. The summed E-state index contributed by atoms with van der Waals surface area (Å²) in [7, 11) is 0. The molecule has 0 saturated carbocycles. The fraction of sp³-hybridized carbons (Fsp3) is 0.120. The number of non-ortho nitro benzene ring substituents is 1. The van der Waals surface area contributed by atoms with Crippen LogP contribution in [0.15, 0.2) is 64.0 Å². The average molecular weight is 640 g/mol. The van der Waals surface area contributed by atoms with Gasteiger partial charge in [0.1, 0.15) is 6.61 Å². The van der Waals surface area contributed by atoms with Crippen LogP contribution in [0, 0.1) is 10.1 Å². The molecule has 0 aliphatic carbocycles. The molecule has 1 fully saturated rings. The number of nitro groups is 1. The summed E-state index contributed by atoms with van der Waals surface area (Å²) in [6.07, 6.45) is 1.73. The maximum Gasteiger partial charge on any atom is 0.270 e. The number of thioether (sulfide) groups is 1. The maximum absolute atomic E-state index is 13.2. The molecule has 0 aromatic heterocycles. The lowest BCUT2D eigenvalue weighted by Crippen LogP contribution is -2.27. The monoisotopic (exact) mass is 638 g/mol. The van der Waals surface area contributed by atoms with Gasteiger partial charge in [0.05, 0.1) is 36.6 Å². The van der Waals surface area contributed by atoms with Crippen molar-refractivity contribution in [3.63, 3.8) is 0 Å². The molecule has 0 atom stereocenters. The highest BCUT2D eigenvalue weighted by atomic mass is 79.9. The highest BCUT2D eigenvalue weighted by Gasteiger charge is 2.33. The van der Waals surface area contributed by atoms with E-state index in [0.29, 0.717) is 53.1 Å². The van der Waals surface area contributed by atoms with E-state index in [1.54, 1.807) is 48.5 Å². The molecule has 0 N–H and O–H groups in total. The normalized spacial score (nSPS) is 14.4. The molecule has 1 heterocycles. The fourth-order valence-electron chi connectivity index (χ4n) is 3.41. The Morgan fingerprint density at radius 2 is 1.84 bits per heavy atom.